The SMILES string of the molecule is CCCCCCCC/C=C\CCCCCCCC(=O)NC(COC1OC(CO)C(O)C(O)C1O)C(O)CCCCCCCCC. The lowest BCUT2D eigenvalue weighted by Crippen LogP contribution is -2.60. The van der Waals surface area contributed by atoms with Gasteiger partial charge >= 0.3 is 0 Å². The minimum atomic E-state index is -1.55. The van der Waals surface area contributed by atoms with Gasteiger partial charge in [-0.2, -0.15) is 0 Å². The van der Waals surface area contributed by atoms with E-state index in [4.69, 9.17) is 9.47 Å². The van der Waals surface area contributed by atoms with Gasteiger partial charge in [0.1, 0.15) is 24.4 Å². The van der Waals surface area contributed by atoms with Gasteiger partial charge in [0, 0.05) is 6.42 Å². The number of allylic oxidation sites excluding steroid dienone is 2. The van der Waals surface area contributed by atoms with E-state index in [9.17, 15) is 30.3 Å². The Balaban J connectivity index is 2.39. The Labute approximate surface area is 274 Å². The molecule has 1 aliphatic heterocycles. The van der Waals surface area contributed by atoms with E-state index in [0.29, 0.717) is 12.8 Å². The average molecular weight is 644 g/mol. The van der Waals surface area contributed by atoms with Crippen LogP contribution in [0.4, 0.5) is 0 Å². The van der Waals surface area contributed by atoms with Crippen LogP contribution < -0.4 is 5.32 Å². The summed E-state index contributed by atoms with van der Waals surface area (Å²) >= 11 is 0. The first-order valence-corrected chi connectivity index (χ1v) is 18.4. The molecule has 0 aliphatic carbocycles. The molecule has 7 atom stereocenters. The van der Waals surface area contributed by atoms with Gasteiger partial charge in [-0.15, -0.1) is 0 Å². The van der Waals surface area contributed by atoms with E-state index in [0.717, 1.165) is 51.4 Å². The number of amides is 1. The van der Waals surface area contributed by atoms with E-state index >= 15 is 0 Å². The highest BCUT2D eigenvalue weighted by molar-refractivity contribution is 5.76. The van der Waals surface area contributed by atoms with E-state index in [2.05, 4.69) is 31.3 Å². The maximum absolute atomic E-state index is 12.8. The minimum absolute atomic E-state index is 0.140. The molecule has 1 saturated heterocycles. The van der Waals surface area contributed by atoms with E-state index in [1.54, 1.807) is 0 Å². The summed E-state index contributed by atoms with van der Waals surface area (Å²) < 4.78 is 11.1. The Morgan fingerprint density at radius 3 is 1.80 bits per heavy atom. The third-order valence-electron chi connectivity index (χ3n) is 8.87. The molecular weight excluding hydrogens is 574 g/mol. The zero-order chi connectivity index (χ0) is 33.1. The summed E-state index contributed by atoms with van der Waals surface area (Å²) in [5.74, 6) is -0.159. The molecule has 0 spiro atoms. The van der Waals surface area contributed by atoms with Crippen LogP contribution in [0.5, 0.6) is 0 Å². The van der Waals surface area contributed by atoms with E-state index in [1.807, 2.05) is 0 Å². The van der Waals surface area contributed by atoms with Crippen LogP contribution in [0, 0.1) is 0 Å². The van der Waals surface area contributed by atoms with Gasteiger partial charge < -0.3 is 40.3 Å². The molecule has 0 bridgehead atoms. The van der Waals surface area contributed by atoms with Crippen LogP contribution in [0.1, 0.15) is 155 Å². The van der Waals surface area contributed by atoms with Crippen molar-refractivity contribution in [2.24, 2.45) is 0 Å². The predicted molar refractivity (Wildman–Crippen MR) is 180 cm³/mol. The summed E-state index contributed by atoms with van der Waals surface area (Å²) in [6.07, 6.45) is 20.9. The monoisotopic (exact) mass is 644 g/mol. The van der Waals surface area contributed by atoms with E-state index in [1.165, 1.54) is 77.0 Å². The number of hydrogen-bond donors (Lipinski definition) is 6. The molecule has 1 heterocycles. The fourth-order valence-corrected chi connectivity index (χ4v) is 5.80. The quantitative estimate of drug-likeness (QED) is 0.0441. The molecule has 1 amide bonds. The van der Waals surface area contributed by atoms with Crippen molar-refractivity contribution in [1.82, 2.24) is 5.32 Å². The highest BCUT2D eigenvalue weighted by atomic mass is 16.7. The van der Waals surface area contributed by atoms with Crippen molar-refractivity contribution in [2.45, 2.75) is 198 Å². The second kappa shape index (κ2) is 28.0. The summed E-state index contributed by atoms with van der Waals surface area (Å²) in [6, 6.07) is -0.715. The number of unbranched alkanes of at least 4 members (excludes halogenated alkanes) is 17. The van der Waals surface area contributed by atoms with Gasteiger partial charge in [-0.05, 0) is 38.5 Å². The third kappa shape index (κ3) is 20.0. The molecule has 7 unspecified atom stereocenters. The van der Waals surface area contributed by atoms with Crippen LogP contribution in [0.2, 0.25) is 0 Å². The van der Waals surface area contributed by atoms with Gasteiger partial charge in [0.05, 0.1) is 25.4 Å². The van der Waals surface area contributed by atoms with Gasteiger partial charge in [0.15, 0.2) is 6.29 Å². The molecular formula is C36H69NO8. The van der Waals surface area contributed by atoms with Crippen molar-refractivity contribution in [3.63, 3.8) is 0 Å². The van der Waals surface area contributed by atoms with E-state index < -0.39 is 49.5 Å². The summed E-state index contributed by atoms with van der Waals surface area (Å²) in [5, 5.41) is 53.8. The van der Waals surface area contributed by atoms with Crippen molar-refractivity contribution in [1.29, 1.82) is 0 Å². The Morgan fingerprint density at radius 1 is 0.733 bits per heavy atom. The Bertz CT molecular complexity index is 721. The average Bonchev–Trinajstić information content (AvgIpc) is 3.04. The predicted octanol–water partition coefficient (Wildman–Crippen LogP) is 5.83. The van der Waals surface area contributed by atoms with Gasteiger partial charge in [-0.1, -0.05) is 122 Å². The van der Waals surface area contributed by atoms with Crippen LogP contribution in [0.15, 0.2) is 12.2 Å². The number of nitrogens with one attached hydrogen (secondary N) is 1. The fourth-order valence-electron chi connectivity index (χ4n) is 5.80. The molecule has 1 rings (SSSR count). The molecule has 9 nitrogen and oxygen atoms in total. The summed E-state index contributed by atoms with van der Waals surface area (Å²) in [7, 11) is 0. The lowest BCUT2D eigenvalue weighted by molar-refractivity contribution is -0.302. The largest absolute Gasteiger partial charge is 0.394 e. The van der Waals surface area contributed by atoms with E-state index in [-0.39, 0.29) is 12.5 Å². The first kappa shape index (κ1) is 42.0. The standard InChI is InChI=1S/C36H69NO8/c1-3-5-7-9-11-12-13-14-15-16-17-18-20-22-24-26-32(40)37-29(30(39)25-23-21-19-10-8-6-4-2)28-44-36-35(43)34(42)33(41)31(27-38)45-36/h14-15,29-31,33-36,38-39,41-43H,3-13,16-28H2,1-2H3,(H,37,40)/b15-14-. The Kier molecular flexibility index (Phi) is 26.1. The van der Waals surface area contributed by atoms with Crippen molar-refractivity contribution in [3.8, 4) is 0 Å². The number of aliphatic hydroxyl groups is 5. The number of hydrogen-bond acceptors (Lipinski definition) is 8. The molecule has 1 aliphatic rings. The van der Waals surface area contributed by atoms with Gasteiger partial charge in [-0.25, -0.2) is 0 Å². The number of carbonyl (C=O) groups is 1. The molecule has 6 N–H and O–H groups in total. The third-order valence-corrected chi connectivity index (χ3v) is 8.87. The number of carbonyl (C=O) groups excluding carboxylic acids is 1. The minimum Gasteiger partial charge on any atom is -0.394 e. The maximum atomic E-state index is 12.8. The first-order valence-electron chi connectivity index (χ1n) is 18.4. The highest BCUT2D eigenvalue weighted by Gasteiger charge is 2.44. The summed E-state index contributed by atoms with van der Waals surface area (Å²) in [5.41, 5.74) is 0. The second-order valence-electron chi connectivity index (χ2n) is 13.0. The second-order valence-corrected chi connectivity index (χ2v) is 13.0. The first-order chi connectivity index (χ1) is 21.8. The molecule has 266 valence electrons. The normalized spacial score (nSPS) is 23.4. The fraction of sp³-hybridized carbons (Fsp3) is 0.917. The van der Waals surface area contributed by atoms with Crippen molar-refractivity contribution in [3.05, 3.63) is 12.2 Å². The van der Waals surface area contributed by atoms with Crippen LogP contribution in [-0.2, 0) is 14.3 Å². The summed E-state index contributed by atoms with van der Waals surface area (Å²) in [6.45, 7) is 3.74. The van der Waals surface area contributed by atoms with Crippen LogP contribution in [0.3, 0.4) is 0 Å². The zero-order valence-corrected chi connectivity index (χ0v) is 28.6. The van der Waals surface area contributed by atoms with Crippen LogP contribution in [-0.4, -0.2) is 87.5 Å². The van der Waals surface area contributed by atoms with Crippen molar-refractivity contribution in [2.75, 3.05) is 13.2 Å². The van der Waals surface area contributed by atoms with Crippen molar-refractivity contribution < 1.29 is 39.8 Å². The maximum Gasteiger partial charge on any atom is 0.220 e. The van der Waals surface area contributed by atoms with Gasteiger partial charge in [0.25, 0.3) is 0 Å². The summed E-state index contributed by atoms with van der Waals surface area (Å²) in [4.78, 5) is 12.8. The van der Waals surface area contributed by atoms with Crippen LogP contribution in [0.25, 0.3) is 0 Å². The van der Waals surface area contributed by atoms with Gasteiger partial charge in [0.2, 0.25) is 5.91 Å². The zero-order valence-electron chi connectivity index (χ0n) is 28.6. The number of rotatable bonds is 29. The Morgan fingerprint density at radius 2 is 1.24 bits per heavy atom. The molecule has 0 aromatic carbocycles. The molecule has 9 heteroatoms. The molecule has 0 aromatic rings. The lowest BCUT2D eigenvalue weighted by Gasteiger charge is -2.40. The number of aliphatic hydroxyl groups excluding tert-OH is 5. The smallest absolute Gasteiger partial charge is 0.220 e. The highest BCUT2D eigenvalue weighted by Crippen LogP contribution is 2.23. The number of ether oxygens (including phenoxy) is 2. The Hall–Kier alpha value is -1.07. The molecule has 1 fully saturated rings. The topological polar surface area (TPSA) is 149 Å². The van der Waals surface area contributed by atoms with Gasteiger partial charge in [-0.3, -0.25) is 4.79 Å². The molecule has 45 heavy (non-hydrogen) atoms. The molecule has 0 saturated carbocycles. The van der Waals surface area contributed by atoms with Crippen LogP contribution >= 0.6 is 0 Å². The molecule has 0 aromatic heterocycles. The lowest BCUT2D eigenvalue weighted by atomic mass is 9.99. The molecule has 0 radical (unpaired) electrons. The van der Waals surface area contributed by atoms with Crippen molar-refractivity contribution >= 4 is 5.91 Å².